The van der Waals surface area contributed by atoms with Gasteiger partial charge in [0.05, 0.1) is 11.1 Å². The predicted octanol–water partition coefficient (Wildman–Crippen LogP) is 5.15. The highest BCUT2D eigenvalue weighted by molar-refractivity contribution is 7.12. The maximum Gasteiger partial charge on any atom is 0.146 e. The van der Waals surface area contributed by atoms with Crippen LogP contribution in [0.25, 0.3) is 0 Å². The number of nitrogens with one attached hydrogen (secondary N) is 1. The third kappa shape index (κ3) is 3.05. The molecule has 1 aromatic heterocycles. The Kier molecular flexibility index (Phi) is 4.52. The fourth-order valence-electron chi connectivity index (χ4n) is 2.11. The third-order valence-electron chi connectivity index (χ3n) is 3.23. The number of halogens is 2. The van der Waals surface area contributed by atoms with Crippen LogP contribution in [0.5, 0.6) is 0 Å². The summed E-state index contributed by atoms with van der Waals surface area (Å²) in [7, 11) is 1.83. The van der Waals surface area contributed by atoms with Gasteiger partial charge in [0.2, 0.25) is 0 Å². The van der Waals surface area contributed by atoms with Gasteiger partial charge in [-0.1, -0.05) is 44.5 Å². The van der Waals surface area contributed by atoms with Crippen LogP contribution in [0.1, 0.15) is 42.1 Å². The van der Waals surface area contributed by atoms with Gasteiger partial charge in [-0.25, -0.2) is 4.39 Å². The van der Waals surface area contributed by atoms with Gasteiger partial charge >= 0.3 is 0 Å². The monoisotopic (exact) mass is 311 g/mol. The lowest BCUT2D eigenvalue weighted by Crippen LogP contribution is -2.18. The topological polar surface area (TPSA) is 12.0 Å². The van der Waals surface area contributed by atoms with Crippen molar-refractivity contribution < 1.29 is 4.39 Å². The van der Waals surface area contributed by atoms with Crippen molar-refractivity contribution in [1.29, 1.82) is 0 Å². The first-order chi connectivity index (χ1) is 9.34. The Morgan fingerprint density at radius 3 is 2.45 bits per heavy atom. The highest BCUT2D eigenvalue weighted by atomic mass is 35.5. The molecule has 0 radical (unpaired) electrons. The molecule has 0 aliphatic rings. The maximum atomic E-state index is 14.2. The Labute approximate surface area is 128 Å². The van der Waals surface area contributed by atoms with Crippen LogP contribution in [0.4, 0.5) is 4.39 Å². The molecule has 0 spiro atoms. The zero-order valence-corrected chi connectivity index (χ0v) is 13.7. The first-order valence-electron chi connectivity index (χ1n) is 6.56. The van der Waals surface area contributed by atoms with E-state index < -0.39 is 0 Å². The Morgan fingerprint density at radius 2 is 1.90 bits per heavy atom. The molecule has 2 rings (SSSR count). The first-order valence-corrected chi connectivity index (χ1v) is 7.75. The van der Waals surface area contributed by atoms with Crippen LogP contribution in [0.3, 0.4) is 0 Å². The van der Waals surface area contributed by atoms with Gasteiger partial charge in [-0.3, -0.25) is 0 Å². The molecule has 4 heteroatoms. The van der Waals surface area contributed by atoms with Crippen molar-refractivity contribution in [3.8, 4) is 0 Å². The normalized spacial score (nSPS) is 13.5. The average Bonchev–Trinajstić information content (AvgIpc) is 2.85. The molecule has 20 heavy (non-hydrogen) atoms. The molecule has 1 nitrogen and oxygen atoms in total. The van der Waals surface area contributed by atoms with E-state index in [2.05, 4.69) is 38.2 Å². The molecular formula is C16H19ClFNS. The van der Waals surface area contributed by atoms with Crippen LogP contribution in [0.2, 0.25) is 5.02 Å². The summed E-state index contributed by atoms with van der Waals surface area (Å²) < 4.78 is 14.2. The van der Waals surface area contributed by atoms with Crippen molar-refractivity contribution in [1.82, 2.24) is 5.32 Å². The molecule has 1 atom stereocenters. The standard InChI is InChI=1S/C16H19ClFNS/c1-16(2,3)13-9-8-12(20-13)15(19-4)10-6-5-7-11(17)14(10)18/h5-9,15,19H,1-4H3. The lowest BCUT2D eigenvalue weighted by Gasteiger charge is -2.18. The number of hydrogen-bond acceptors (Lipinski definition) is 2. The van der Waals surface area contributed by atoms with Gasteiger partial charge in [0.25, 0.3) is 0 Å². The van der Waals surface area contributed by atoms with Crippen LogP contribution in [0, 0.1) is 5.82 Å². The summed E-state index contributed by atoms with van der Waals surface area (Å²) in [6.45, 7) is 6.53. The lowest BCUT2D eigenvalue weighted by atomic mass is 9.95. The molecule has 0 amide bonds. The molecule has 0 bridgehead atoms. The van der Waals surface area contributed by atoms with Crippen LogP contribution in [-0.4, -0.2) is 7.05 Å². The van der Waals surface area contributed by atoms with Crippen molar-refractivity contribution in [3.63, 3.8) is 0 Å². The van der Waals surface area contributed by atoms with E-state index in [4.69, 9.17) is 11.6 Å². The van der Waals surface area contributed by atoms with Crippen molar-refractivity contribution in [2.24, 2.45) is 0 Å². The highest BCUT2D eigenvalue weighted by Gasteiger charge is 2.22. The van der Waals surface area contributed by atoms with Crippen LogP contribution >= 0.6 is 22.9 Å². The summed E-state index contributed by atoms with van der Waals surface area (Å²) in [5, 5.41) is 3.34. The molecule has 0 saturated carbocycles. The van der Waals surface area contributed by atoms with E-state index in [9.17, 15) is 4.39 Å². The number of benzene rings is 1. The van der Waals surface area contributed by atoms with E-state index in [1.165, 1.54) is 4.88 Å². The number of hydrogen-bond donors (Lipinski definition) is 1. The smallest absolute Gasteiger partial charge is 0.146 e. The lowest BCUT2D eigenvalue weighted by molar-refractivity contribution is 0.579. The quantitative estimate of drug-likeness (QED) is 0.827. The first kappa shape index (κ1) is 15.5. The Balaban J connectivity index is 2.43. The van der Waals surface area contributed by atoms with Gasteiger partial charge in [0.15, 0.2) is 0 Å². The summed E-state index contributed by atoms with van der Waals surface area (Å²) in [6.07, 6.45) is 0. The molecule has 1 unspecified atom stereocenters. The summed E-state index contributed by atoms with van der Waals surface area (Å²) in [4.78, 5) is 2.38. The second kappa shape index (κ2) is 5.84. The van der Waals surface area contributed by atoms with Crippen molar-refractivity contribution >= 4 is 22.9 Å². The third-order valence-corrected chi connectivity index (χ3v) is 5.10. The van der Waals surface area contributed by atoms with Gasteiger partial charge in [-0.15, -0.1) is 11.3 Å². The maximum absolute atomic E-state index is 14.2. The van der Waals surface area contributed by atoms with E-state index in [-0.39, 0.29) is 22.3 Å². The van der Waals surface area contributed by atoms with Gasteiger partial charge in [-0.2, -0.15) is 0 Å². The Bertz CT molecular complexity index is 601. The predicted molar refractivity (Wildman–Crippen MR) is 85.3 cm³/mol. The molecule has 0 aliphatic heterocycles. The average molecular weight is 312 g/mol. The molecule has 1 aromatic carbocycles. The number of thiophene rings is 1. The summed E-state index contributed by atoms with van der Waals surface area (Å²) in [5.74, 6) is -0.348. The minimum absolute atomic E-state index is 0.105. The Morgan fingerprint density at radius 1 is 1.20 bits per heavy atom. The summed E-state index contributed by atoms with van der Waals surface area (Å²) >= 11 is 7.59. The Hall–Kier alpha value is -0.900. The minimum atomic E-state index is -0.348. The van der Waals surface area contributed by atoms with Gasteiger partial charge in [0.1, 0.15) is 5.82 Å². The number of rotatable bonds is 3. The summed E-state index contributed by atoms with van der Waals surface area (Å²) in [5.41, 5.74) is 0.691. The molecule has 1 N–H and O–H groups in total. The highest BCUT2D eigenvalue weighted by Crippen LogP contribution is 2.36. The molecule has 0 saturated heterocycles. The van der Waals surface area contributed by atoms with Gasteiger partial charge < -0.3 is 5.32 Å². The van der Waals surface area contributed by atoms with Gasteiger partial charge in [0, 0.05) is 15.3 Å². The molecule has 1 heterocycles. The fraction of sp³-hybridized carbons (Fsp3) is 0.375. The van der Waals surface area contributed by atoms with E-state index in [0.29, 0.717) is 5.56 Å². The minimum Gasteiger partial charge on any atom is -0.309 e. The van der Waals surface area contributed by atoms with Crippen LogP contribution < -0.4 is 5.32 Å². The molecular weight excluding hydrogens is 293 g/mol. The van der Waals surface area contributed by atoms with Crippen molar-refractivity contribution in [2.45, 2.75) is 32.2 Å². The van der Waals surface area contributed by atoms with Crippen LogP contribution in [-0.2, 0) is 5.41 Å². The SMILES string of the molecule is CNC(c1ccc(C(C)(C)C)s1)c1cccc(Cl)c1F. The van der Waals surface area contributed by atoms with E-state index in [1.54, 1.807) is 29.5 Å². The summed E-state index contributed by atoms with van der Waals surface area (Å²) in [6, 6.07) is 9.14. The van der Waals surface area contributed by atoms with Gasteiger partial charge in [-0.05, 0) is 30.7 Å². The molecule has 108 valence electrons. The molecule has 2 aromatic rings. The molecule has 0 fully saturated rings. The second-order valence-corrected chi connectivity index (χ2v) is 7.34. The largest absolute Gasteiger partial charge is 0.309 e. The van der Waals surface area contributed by atoms with Crippen molar-refractivity contribution in [3.05, 3.63) is 56.5 Å². The van der Waals surface area contributed by atoms with Crippen LogP contribution in [0.15, 0.2) is 30.3 Å². The van der Waals surface area contributed by atoms with E-state index >= 15 is 0 Å². The zero-order chi connectivity index (χ0) is 14.9. The van der Waals surface area contributed by atoms with E-state index in [0.717, 1.165) is 4.88 Å². The fourth-order valence-corrected chi connectivity index (χ4v) is 3.48. The zero-order valence-electron chi connectivity index (χ0n) is 12.1. The molecule has 0 aliphatic carbocycles. The second-order valence-electron chi connectivity index (χ2n) is 5.82. The van der Waals surface area contributed by atoms with Crippen molar-refractivity contribution in [2.75, 3.05) is 7.05 Å². The van der Waals surface area contributed by atoms with E-state index in [1.807, 2.05) is 7.05 Å².